The Kier molecular flexibility index (Phi) is 6.68. The molecule has 0 unspecified atom stereocenters. The normalized spacial score (nSPS) is 8.86. The maximum absolute atomic E-state index is 11.3. The number of rotatable bonds is 3. The Morgan fingerprint density at radius 3 is 2.50 bits per heavy atom. The van der Waals surface area contributed by atoms with Crippen molar-refractivity contribution in [3.63, 3.8) is 0 Å². The lowest BCUT2D eigenvalue weighted by Crippen LogP contribution is -2.06. The standard InChI is InChI=1S/C10H12O2.C2H6/c1-8-4-3-5-9(6-8)10(11)7-12-2;1-2/h3-6H,7H2,1-2H3;1-2H3. The summed E-state index contributed by atoms with van der Waals surface area (Å²) in [7, 11) is 1.52. The molecule has 0 radical (unpaired) electrons. The molecule has 0 spiro atoms. The van der Waals surface area contributed by atoms with Crippen LogP contribution in [0.25, 0.3) is 0 Å². The summed E-state index contributed by atoms with van der Waals surface area (Å²) in [5, 5.41) is 0. The summed E-state index contributed by atoms with van der Waals surface area (Å²) in [6, 6.07) is 7.50. The summed E-state index contributed by atoms with van der Waals surface area (Å²) in [5.74, 6) is 0.0289. The van der Waals surface area contributed by atoms with Crippen molar-refractivity contribution in [1.29, 1.82) is 0 Å². The quantitative estimate of drug-likeness (QED) is 0.691. The second-order valence-corrected chi connectivity index (χ2v) is 2.73. The number of hydrogen-bond acceptors (Lipinski definition) is 2. The zero-order chi connectivity index (χ0) is 11.0. The molecule has 0 bridgehead atoms. The van der Waals surface area contributed by atoms with E-state index in [1.165, 1.54) is 7.11 Å². The maximum Gasteiger partial charge on any atom is 0.188 e. The highest BCUT2D eigenvalue weighted by atomic mass is 16.5. The van der Waals surface area contributed by atoms with Crippen LogP contribution in [0.5, 0.6) is 0 Å². The van der Waals surface area contributed by atoms with Gasteiger partial charge in [0.2, 0.25) is 0 Å². The van der Waals surface area contributed by atoms with Crippen molar-refractivity contribution in [2.24, 2.45) is 0 Å². The van der Waals surface area contributed by atoms with Crippen molar-refractivity contribution < 1.29 is 9.53 Å². The molecule has 0 heterocycles. The zero-order valence-electron chi connectivity index (χ0n) is 9.33. The van der Waals surface area contributed by atoms with Crippen LogP contribution in [0, 0.1) is 6.92 Å². The lowest BCUT2D eigenvalue weighted by atomic mass is 10.1. The summed E-state index contributed by atoms with van der Waals surface area (Å²) in [6.07, 6.45) is 0. The van der Waals surface area contributed by atoms with Crippen LogP contribution < -0.4 is 0 Å². The summed E-state index contributed by atoms with van der Waals surface area (Å²) >= 11 is 0. The van der Waals surface area contributed by atoms with Gasteiger partial charge in [-0.15, -0.1) is 0 Å². The van der Waals surface area contributed by atoms with Crippen LogP contribution in [0.1, 0.15) is 29.8 Å². The van der Waals surface area contributed by atoms with E-state index in [0.29, 0.717) is 0 Å². The van der Waals surface area contributed by atoms with Gasteiger partial charge in [-0.2, -0.15) is 0 Å². The van der Waals surface area contributed by atoms with Crippen LogP contribution in [-0.4, -0.2) is 19.5 Å². The number of carbonyl (C=O) groups is 1. The first-order valence-corrected chi connectivity index (χ1v) is 4.83. The molecule has 78 valence electrons. The van der Waals surface area contributed by atoms with E-state index in [4.69, 9.17) is 4.74 Å². The Morgan fingerprint density at radius 1 is 1.36 bits per heavy atom. The summed E-state index contributed by atoms with van der Waals surface area (Å²) in [5.41, 5.74) is 1.81. The molecule has 1 aromatic rings. The van der Waals surface area contributed by atoms with Gasteiger partial charge in [0.25, 0.3) is 0 Å². The highest BCUT2D eigenvalue weighted by Crippen LogP contribution is 2.04. The van der Waals surface area contributed by atoms with E-state index < -0.39 is 0 Å². The molecule has 0 N–H and O–H groups in total. The van der Waals surface area contributed by atoms with E-state index in [-0.39, 0.29) is 12.4 Å². The fraction of sp³-hybridized carbons (Fsp3) is 0.417. The molecule has 0 saturated carbocycles. The Hall–Kier alpha value is -1.15. The van der Waals surface area contributed by atoms with E-state index >= 15 is 0 Å². The number of carbonyl (C=O) groups excluding carboxylic acids is 1. The molecular weight excluding hydrogens is 176 g/mol. The van der Waals surface area contributed by atoms with Crippen LogP contribution in [0.2, 0.25) is 0 Å². The molecule has 1 rings (SSSR count). The van der Waals surface area contributed by atoms with Crippen molar-refractivity contribution in [2.45, 2.75) is 20.8 Å². The number of benzene rings is 1. The molecule has 2 heteroatoms. The minimum Gasteiger partial charge on any atom is -0.377 e. The lowest BCUT2D eigenvalue weighted by Gasteiger charge is -1.99. The van der Waals surface area contributed by atoms with Gasteiger partial charge in [-0.1, -0.05) is 37.6 Å². The Bertz CT molecular complexity index is 279. The number of aryl methyl sites for hydroxylation is 1. The second-order valence-electron chi connectivity index (χ2n) is 2.73. The molecule has 0 aromatic heterocycles. The van der Waals surface area contributed by atoms with E-state index in [0.717, 1.165) is 11.1 Å². The van der Waals surface area contributed by atoms with Gasteiger partial charge in [-0.3, -0.25) is 4.79 Å². The molecule has 0 aliphatic heterocycles. The predicted octanol–water partition coefficient (Wildman–Crippen LogP) is 2.85. The lowest BCUT2D eigenvalue weighted by molar-refractivity contribution is 0.0848. The third kappa shape index (κ3) is 4.19. The first-order chi connectivity index (χ1) is 6.74. The van der Waals surface area contributed by atoms with Crippen molar-refractivity contribution in [2.75, 3.05) is 13.7 Å². The van der Waals surface area contributed by atoms with Gasteiger partial charge < -0.3 is 4.74 Å². The van der Waals surface area contributed by atoms with Crippen LogP contribution in [0.3, 0.4) is 0 Å². The molecule has 0 aliphatic carbocycles. The van der Waals surface area contributed by atoms with Gasteiger partial charge >= 0.3 is 0 Å². The van der Waals surface area contributed by atoms with Crippen molar-refractivity contribution >= 4 is 5.78 Å². The topological polar surface area (TPSA) is 26.3 Å². The van der Waals surface area contributed by atoms with E-state index in [9.17, 15) is 4.79 Å². The summed E-state index contributed by atoms with van der Waals surface area (Å²) in [4.78, 5) is 11.3. The number of ketones is 1. The van der Waals surface area contributed by atoms with Crippen LogP contribution >= 0.6 is 0 Å². The van der Waals surface area contributed by atoms with Gasteiger partial charge in [0.15, 0.2) is 5.78 Å². The number of ether oxygens (including phenoxy) is 1. The molecule has 2 nitrogen and oxygen atoms in total. The third-order valence-electron chi connectivity index (χ3n) is 1.62. The van der Waals surface area contributed by atoms with Gasteiger partial charge in [0.1, 0.15) is 6.61 Å². The minimum atomic E-state index is 0.0289. The number of hydrogen-bond donors (Lipinski definition) is 0. The van der Waals surface area contributed by atoms with Crippen molar-refractivity contribution in [3.05, 3.63) is 35.4 Å². The average molecular weight is 194 g/mol. The Labute approximate surface area is 85.9 Å². The average Bonchev–Trinajstić information content (AvgIpc) is 2.21. The number of Topliss-reactive ketones (excluding diaryl/α,β-unsaturated/α-hetero) is 1. The molecule has 0 aliphatic rings. The van der Waals surface area contributed by atoms with Crippen LogP contribution in [-0.2, 0) is 4.74 Å². The SMILES string of the molecule is CC.COCC(=O)c1cccc(C)c1. The first-order valence-electron chi connectivity index (χ1n) is 4.83. The zero-order valence-corrected chi connectivity index (χ0v) is 9.33. The largest absolute Gasteiger partial charge is 0.377 e. The van der Waals surface area contributed by atoms with Gasteiger partial charge in [-0.05, 0) is 13.0 Å². The monoisotopic (exact) mass is 194 g/mol. The van der Waals surface area contributed by atoms with Crippen molar-refractivity contribution in [3.8, 4) is 0 Å². The second kappa shape index (κ2) is 7.27. The Balaban J connectivity index is 0.000000791. The molecule has 0 amide bonds. The highest BCUT2D eigenvalue weighted by molar-refractivity contribution is 5.97. The minimum absolute atomic E-state index is 0.0289. The fourth-order valence-corrected chi connectivity index (χ4v) is 1.03. The molecule has 0 saturated heterocycles. The van der Waals surface area contributed by atoms with E-state index in [1.54, 1.807) is 6.07 Å². The van der Waals surface area contributed by atoms with Crippen LogP contribution in [0.4, 0.5) is 0 Å². The van der Waals surface area contributed by atoms with Crippen LogP contribution in [0.15, 0.2) is 24.3 Å². The molecule has 1 aromatic carbocycles. The van der Waals surface area contributed by atoms with Gasteiger partial charge in [-0.25, -0.2) is 0 Å². The van der Waals surface area contributed by atoms with E-state index in [2.05, 4.69) is 0 Å². The van der Waals surface area contributed by atoms with Gasteiger partial charge in [0.05, 0.1) is 0 Å². The fourth-order valence-electron chi connectivity index (χ4n) is 1.03. The molecular formula is C12H18O2. The third-order valence-corrected chi connectivity index (χ3v) is 1.62. The van der Waals surface area contributed by atoms with Crippen molar-refractivity contribution in [1.82, 2.24) is 0 Å². The summed E-state index contributed by atoms with van der Waals surface area (Å²) in [6.45, 7) is 6.12. The maximum atomic E-state index is 11.3. The smallest absolute Gasteiger partial charge is 0.188 e. The molecule has 0 fully saturated rings. The van der Waals surface area contributed by atoms with Gasteiger partial charge in [0, 0.05) is 12.7 Å². The number of methoxy groups -OCH3 is 1. The summed E-state index contributed by atoms with van der Waals surface area (Å²) < 4.78 is 4.75. The molecule has 14 heavy (non-hydrogen) atoms. The molecule has 0 atom stereocenters. The van der Waals surface area contributed by atoms with E-state index in [1.807, 2.05) is 39.0 Å². The predicted molar refractivity (Wildman–Crippen MR) is 58.7 cm³/mol. The Morgan fingerprint density at radius 2 is 2.00 bits per heavy atom. The highest BCUT2D eigenvalue weighted by Gasteiger charge is 2.03. The first kappa shape index (κ1) is 12.8.